The smallest absolute Gasteiger partial charge is 0.294 e. The molecule has 1 aliphatic heterocycles. The van der Waals surface area contributed by atoms with Crippen LogP contribution < -0.4 is 5.32 Å². The molecule has 1 aromatic carbocycles. The lowest BCUT2D eigenvalue weighted by Gasteiger charge is -2.33. The maximum atomic E-state index is 11.5. The van der Waals surface area contributed by atoms with E-state index in [1.54, 1.807) is 12.1 Å². The van der Waals surface area contributed by atoms with Crippen molar-refractivity contribution in [3.8, 4) is 0 Å². The molecule has 2 rings (SSSR count). The SMILES string of the molecule is CC[C@H]1NCCOC1c1cc(C)ccc1S(=O)(=O)O. The number of benzene rings is 1. The molecule has 1 aromatic rings. The average Bonchev–Trinajstić information content (AvgIpc) is 2.37. The fourth-order valence-corrected chi connectivity index (χ4v) is 3.16. The van der Waals surface area contributed by atoms with Gasteiger partial charge in [0.15, 0.2) is 0 Å². The van der Waals surface area contributed by atoms with Gasteiger partial charge in [-0.05, 0) is 19.4 Å². The highest BCUT2D eigenvalue weighted by Crippen LogP contribution is 2.31. The van der Waals surface area contributed by atoms with E-state index < -0.39 is 10.1 Å². The molecular formula is C13H19NO4S. The quantitative estimate of drug-likeness (QED) is 0.826. The van der Waals surface area contributed by atoms with E-state index >= 15 is 0 Å². The highest BCUT2D eigenvalue weighted by molar-refractivity contribution is 7.85. The van der Waals surface area contributed by atoms with E-state index in [0.717, 1.165) is 18.5 Å². The van der Waals surface area contributed by atoms with Crippen molar-refractivity contribution in [2.75, 3.05) is 13.2 Å². The zero-order chi connectivity index (χ0) is 14.0. The molecule has 0 bridgehead atoms. The third kappa shape index (κ3) is 3.14. The average molecular weight is 285 g/mol. The minimum atomic E-state index is -4.24. The van der Waals surface area contributed by atoms with E-state index in [1.807, 2.05) is 13.8 Å². The molecule has 6 heteroatoms. The molecule has 0 spiro atoms. The zero-order valence-electron chi connectivity index (χ0n) is 11.1. The van der Waals surface area contributed by atoms with E-state index in [4.69, 9.17) is 4.74 Å². The van der Waals surface area contributed by atoms with Crippen molar-refractivity contribution in [2.24, 2.45) is 0 Å². The van der Waals surface area contributed by atoms with Crippen molar-refractivity contribution in [1.82, 2.24) is 5.32 Å². The summed E-state index contributed by atoms with van der Waals surface area (Å²) in [5.74, 6) is 0. The first-order valence-electron chi connectivity index (χ1n) is 6.36. The Morgan fingerprint density at radius 3 is 2.84 bits per heavy atom. The Morgan fingerprint density at radius 2 is 2.21 bits per heavy atom. The second kappa shape index (κ2) is 5.58. The van der Waals surface area contributed by atoms with Crippen LogP contribution in [0, 0.1) is 6.92 Å². The number of ether oxygens (including phenoxy) is 1. The first-order chi connectivity index (χ1) is 8.93. The second-order valence-electron chi connectivity index (χ2n) is 4.78. The minimum absolute atomic E-state index is 0.0519. The predicted octanol–water partition coefficient (Wildman–Crippen LogP) is 1.68. The summed E-state index contributed by atoms with van der Waals surface area (Å²) < 4.78 is 38.0. The van der Waals surface area contributed by atoms with Gasteiger partial charge in [-0.3, -0.25) is 4.55 Å². The van der Waals surface area contributed by atoms with E-state index in [-0.39, 0.29) is 17.0 Å². The molecule has 0 aliphatic carbocycles. The summed E-state index contributed by atoms with van der Waals surface area (Å²) in [7, 11) is -4.24. The third-order valence-electron chi connectivity index (χ3n) is 3.36. The minimum Gasteiger partial charge on any atom is -0.371 e. The van der Waals surface area contributed by atoms with Crippen molar-refractivity contribution in [3.05, 3.63) is 29.3 Å². The second-order valence-corrected chi connectivity index (χ2v) is 6.17. The molecule has 0 radical (unpaired) electrons. The van der Waals surface area contributed by atoms with Gasteiger partial charge in [0, 0.05) is 18.2 Å². The molecule has 1 saturated heterocycles. The monoisotopic (exact) mass is 285 g/mol. The molecule has 0 aromatic heterocycles. The van der Waals surface area contributed by atoms with Crippen LogP contribution in [-0.2, 0) is 14.9 Å². The van der Waals surface area contributed by atoms with Gasteiger partial charge in [-0.25, -0.2) is 0 Å². The van der Waals surface area contributed by atoms with Crippen molar-refractivity contribution in [2.45, 2.75) is 37.3 Å². The summed E-state index contributed by atoms with van der Waals surface area (Å²) in [5.41, 5.74) is 1.47. The van der Waals surface area contributed by atoms with E-state index in [0.29, 0.717) is 12.2 Å². The number of hydrogen-bond acceptors (Lipinski definition) is 4. The van der Waals surface area contributed by atoms with Gasteiger partial charge in [0.25, 0.3) is 10.1 Å². The molecule has 5 nitrogen and oxygen atoms in total. The molecule has 19 heavy (non-hydrogen) atoms. The molecule has 1 fully saturated rings. The maximum absolute atomic E-state index is 11.5. The van der Waals surface area contributed by atoms with Crippen molar-refractivity contribution < 1.29 is 17.7 Å². The molecule has 1 unspecified atom stereocenters. The Hall–Kier alpha value is -0.950. The summed E-state index contributed by atoms with van der Waals surface area (Å²) in [5, 5.41) is 3.31. The van der Waals surface area contributed by atoms with E-state index in [1.165, 1.54) is 6.07 Å². The van der Waals surface area contributed by atoms with E-state index in [2.05, 4.69) is 5.32 Å². The molecule has 1 aliphatic rings. The van der Waals surface area contributed by atoms with Crippen LogP contribution in [0.3, 0.4) is 0 Å². The van der Waals surface area contributed by atoms with Gasteiger partial charge in [-0.15, -0.1) is 0 Å². The van der Waals surface area contributed by atoms with Gasteiger partial charge >= 0.3 is 0 Å². The first-order valence-corrected chi connectivity index (χ1v) is 7.80. The van der Waals surface area contributed by atoms with Gasteiger partial charge in [0.1, 0.15) is 0 Å². The predicted molar refractivity (Wildman–Crippen MR) is 71.8 cm³/mol. The molecular weight excluding hydrogens is 266 g/mol. The Kier molecular flexibility index (Phi) is 4.25. The van der Waals surface area contributed by atoms with Crippen molar-refractivity contribution in [3.63, 3.8) is 0 Å². The lowest BCUT2D eigenvalue weighted by molar-refractivity contribution is -0.00814. The topological polar surface area (TPSA) is 75.6 Å². The summed E-state index contributed by atoms with van der Waals surface area (Å²) in [6.45, 7) is 5.18. The number of hydrogen-bond donors (Lipinski definition) is 2. The largest absolute Gasteiger partial charge is 0.371 e. The van der Waals surface area contributed by atoms with Gasteiger partial charge in [-0.1, -0.05) is 24.6 Å². The molecule has 0 saturated carbocycles. The summed E-state index contributed by atoms with van der Waals surface area (Å²) in [4.78, 5) is -0.0646. The summed E-state index contributed by atoms with van der Waals surface area (Å²) in [6, 6.07) is 4.92. The molecule has 1 heterocycles. The Balaban J connectivity index is 2.50. The lowest BCUT2D eigenvalue weighted by atomic mass is 9.97. The first kappa shape index (κ1) is 14.5. The third-order valence-corrected chi connectivity index (χ3v) is 4.29. The van der Waals surface area contributed by atoms with Gasteiger partial charge in [0.2, 0.25) is 0 Å². The van der Waals surface area contributed by atoms with Gasteiger partial charge < -0.3 is 10.1 Å². The van der Waals surface area contributed by atoms with Crippen LogP contribution in [0.15, 0.2) is 23.1 Å². The van der Waals surface area contributed by atoms with Gasteiger partial charge in [-0.2, -0.15) is 8.42 Å². The highest BCUT2D eigenvalue weighted by atomic mass is 32.2. The van der Waals surface area contributed by atoms with Crippen molar-refractivity contribution >= 4 is 10.1 Å². The standard InChI is InChI=1S/C13H19NO4S/c1-3-11-13(18-7-6-14-11)10-8-9(2)4-5-12(10)19(15,16)17/h4-5,8,11,13-14H,3,6-7H2,1-2H3,(H,15,16,17)/t11-,13?/m1/s1. The number of nitrogens with one attached hydrogen (secondary N) is 1. The van der Waals surface area contributed by atoms with Crippen LogP contribution >= 0.6 is 0 Å². The van der Waals surface area contributed by atoms with Crippen LogP contribution in [0.5, 0.6) is 0 Å². The van der Waals surface area contributed by atoms with Crippen LogP contribution in [-0.4, -0.2) is 32.2 Å². The Morgan fingerprint density at radius 1 is 1.47 bits per heavy atom. The van der Waals surface area contributed by atoms with Gasteiger partial charge in [0.05, 0.1) is 17.6 Å². The zero-order valence-corrected chi connectivity index (χ0v) is 11.9. The fraction of sp³-hybridized carbons (Fsp3) is 0.538. The molecule has 2 atom stereocenters. The number of rotatable bonds is 3. The molecule has 2 N–H and O–H groups in total. The van der Waals surface area contributed by atoms with Crippen molar-refractivity contribution in [1.29, 1.82) is 0 Å². The van der Waals surface area contributed by atoms with Crippen LogP contribution in [0.2, 0.25) is 0 Å². The summed E-state index contributed by atoms with van der Waals surface area (Å²) in [6.07, 6.45) is 0.472. The molecule has 106 valence electrons. The fourth-order valence-electron chi connectivity index (χ4n) is 2.44. The van der Waals surface area contributed by atoms with Crippen LogP contribution in [0.4, 0.5) is 0 Å². The normalized spacial score (nSPS) is 24.4. The highest BCUT2D eigenvalue weighted by Gasteiger charge is 2.30. The summed E-state index contributed by atoms with van der Waals surface area (Å²) >= 11 is 0. The van der Waals surface area contributed by atoms with E-state index in [9.17, 15) is 13.0 Å². The van der Waals surface area contributed by atoms with Crippen LogP contribution in [0.1, 0.15) is 30.6 Å². The number of aryl methyl sites for hydroxylation is 1. The van der Waals surface area contributed by atoms with Crippen LogP contribution in [0.25, 0.3) is 0 Å². The lowest BCUT2D eigenvalue weighted by Crippen LogP contribution is -2.43. The molecule has 0 amide bonds. The Bertz CT molecular complexity index is 556. The number of morpholine rings is 1. The Labute approximate surface area is 113 Å². The maximum Gasteiger partial charge on any atom is 0.294 e.